The molecular weight excluding hydrogens is 490 g/mol. The highest BCUT2D eigenvalue weighted by Gasteiger charge is 2.42. The van der Waals surface area contributed by atoms with Crippen molar-refractivity contribution in [3.8, 4) is 5.88 Å². The Morgan fingerprint density at radius 2 is 1.65 bits per heavy atom. The van der Waals surface area contributed by atoms with Gasteiger partial charge in [0.25, 0.3) is 0 Å². The summed E-state index contributed by atoms with van der Waals surface area (Å²) >= 11 is 0. The average molecular weight is 518 g/mol. The van der Waals surface area contributed by atoms with Crippen LogP contribution in [0.25, 0.3) is 0 Å². The molecule has 1 aliphatic heterocycles. The number of aryl methyl sites for hydroxylation is 2. The van der Waals surface area contributed by atoms with Crippen molar-refractivity contribution < 1.29 is 31.8 Å². The maximum Gasteiger partial charge on any atom is 0.490 e. The standard InChI is InChI=1S/C27H27F4N3O3/c28-22-3-1-2-21(16-22)18-36-25-11-10-23(32-33-25)9-8-19-4-6-20(7-5-19)17-34-14-12-24(13-15-34)37-26(35)27(29,30)31/h1-7,10-11,16,24H,8-9,12-15,17-18H2. The van der Waals surface area contributed by atoms with Gasteiger partial charge in [-0.25, -0.2) is 9.18 Å². The van der Waals surface area contributed by atoms with Crippen LogP contribution in [0.15, 0.2) is 60.7 Å². The van der Waals surface area contributed by atoms with Crippen molar-refractivity contribution in [1.29, 1.82) is 0 Å². The van der Waals surface area contributed by atoms with Crippen LogP contribution in [0.2, 0.25) is 0 Å². The van der Waals surface area contributed by atoms with E-state index in [0.717, 1.165) is 23.2 Å². The van der Waals surface area contributed by atoms with Crippen molar-refractivity contribution in [2.75, 3.05) is 13.1 Å². The van der Waals surface area contributed by atoms with E-state index in [9.17, 15) is 22.4 Å². The quantitative estimate of drug-likeness (QED) is 0.293. The topological polar surface area (TPSA) is 64.5 Å². The van der Waals surface area contributed by atoms with Crippen LogP contribution in [0.3, 0.4) is 0 Å². The summed E-state index contributed by atoms with van der Waals surface area (Å²) in [6.45, 7) is 2.03. The number of hydrogen-bond donors (Lipinski definition) is 0. The Balaban J connectivity index is 1.18. The first-order valence-electron chi connectivity index (χ1n) is 12.0. The molecule has 0 bridgehead atoms. The van der Waals surface area contributed by atoms with Crippen LogP contribution in [0.1, 0.15) is 35.2 Å². The Bertz CT molecular complexity index is 1160. The third kappa shape index (κ3) is 8.24. The highest BCUT2D eigenvalue weighted by molar-refractivity contribution is 5.75. The highest BCUT2D eigenvalue weighted by Crippen LogP contribution is 2.22. The molecule has 0 N–H and O–H groups in total. The zero-order chi connectivity index (χ0) is 26.3. The lowest BCUT2D eigenvalue weighted by Gasteiger charge is -2.31. The molecule has 0 saturated carbocycles. The van der Waals surface area contributed by atoms with E-state index in [4.69, 9.17) is 4.74 Å². The number of hydrogen-bond acceptors (Lipinski definition) is 6. The molecule has 0 atom stereocenters. The number of aromatic nitrogens is 2. The molecule has 2 aromatic carbocycles. The molecule has 0 amide bonds. The van der Waals surface area contributed by atoms with Gasteiger partial charge in [0.15, 0.2) is 0 Å². The summed E-state index contributed by atoms with van der Waals surface area (Å²) in [7, 11) is 0. The predicted octanol–water partition coefficient (Wildman–Crippen LogP) is 5.05. The van der Waals surface area contributed by atoms with Gasteiger partial charge in [-0.1, -0.05) is 36.4 Å². The molecule has 0 unspecified atom stereocenters. The van der Waals surface area contributed by atoms with Crippen LogP contribution in [0.5, 0.6) is 5.88 Å². The zero-order valence-corrected chi connectivity index (χ0v) is 20.1. The van der Waals surface area contributed by atoms with Crippen LogP contribution < -0.4 is 4.74 Å². The van der Waals surface area contributed by atoms with Gasteiger partial charge in [-0.05, 0) is 60.6 Å². The van der Waals surface area contributed by atoms with Crippen molar-refractivity contribution in [1.82, 2.24) is 15.1 Å². The number of halogens is 4. The molecule has 2 heterocycles. The Labute approximate surface area is 212 Å². The molecule has 37 heavy (non-hydrogen) atoms. The Morgan fingerprint density at radius 1 is 0.919 bits per heavy atom. The summed E-state index contributed by atoms with van der Waals surface area (Å²) in [5, 5.41) is 8.29. The highest BCUT2D eigenvalue weighted by atomic mass is 19.4. The number of piperidine rings is 1. The summed E-state index contributed by atoms with van der Waals surface area (Å²) in [6.07, 6.45) is -3.38. The molecular formula is C27H27F4N3O3. The van der Waals surface area contributed by atoms with E-state index < -0.39 is 18.2 Å². The fourth-order valence-corrected chi connectivity index (χ4v) is 4.09. The van der Waals surface area contributed by atoms with Crippen LogP contribution in [0, 0.1) is 5.82 Å². The fourth-order valence-electron chi connectivity index (χ4n) is 4.09. The van der Waals surface area contributed by atoms with Crippen molar-refractivity contribution >= 4 is 5.97 Å². The van der Waals surface area contributed by atoms with E-state index in [-0.39, 0.29) is 12.4 Å². The molecule has 1 aromatic heterocycles. The van der Waals surface area contributed by atoms with Gasteiger partial charge in [0, 0.05) is 25.7 Å². The second-order valence-electron chi connectivity index (χ2n) is 8.98. The van der Waals surface area contributed by atoms with Gasteiger partial charge < -0.3 is 9.47 Å². The number of benzene rings is 2. The smallest absolute Gasteiger partial charge is 0.472 e. The fraction of sp³-hybridized carbons (Fsp3) is 0.370. The molecule has 4 rings (SSSR count). The average Bonchev–Trinajstić information content (AvgIpc) is 2.88. The van der Waals surface area contributed by atoms with Gasteiger partial charge in [-0.2, -0.15) is 18.3 Å². The molecule has 0 aliphatic carbocycles. The van der Waals surface area contributed by atoms with E-state index in [1.807, 2.05) is 18.2 Å². The molecule has 10 heteroatoms. The summed E-state index contributed by atoms with van der Waals surface area (Å²) in [5.74, 6) is -2.05. The lowest BCUT2D eigenvalue weighted by atomic mass is 10.0. The van der Waals surface area contributed by atoms with E-state index >= 15 is 0 Å². The molecule has 1 fully saturated rings. The van der Waals surface area contributed by atoms with Crippen LogP contribution >= 0.6 is 0 Å². The number of nitrogens with zero attached hydrogens (tertiary/aromatic N) is 3. The maximum atomic E-state index is 13.2. The van der Waals surface area contributed by atoms with Gasteiger partial charge >= 0.3 is 12.1 Å². The maximum absolute atomic E-state index is 13.2. The Kier molecular flexibility index (Phi) is 8.70. The number of esters is 1. The number of likely N-dealkylation sites (tertiary alicyclic amines) is 1. The van der Waals surface area contributed by atoms with Crippen molar-refractivity contribution in [2.45, 2.75) is 51.1 Å². The van der Waals surface area contributed by atoms with Crippen molar-refractivity contribution in [3.63, 3.8) is 0 Å². The third-order valence-electron chi connectivity index (χ3n) is 6.11. The minimum atomic E-state index is -4.95. The molecule has 6 nitrogen and oxygen atoms in total. The number of carbonyl (C=O) groups is 1. The lowest BCUT2D eigenvalue weighted by molar-refractivity contribution is -0.206. The molecule has 3 aromatic rings. The number of carbonyl (C=O) groups excluding carboxylic acids is 1. The van der Waals surface area contributed by atoms with Gasteiger partial charge in [-0.3, -0.25) is 4.90 Å². The monoisotopic (exact) mass is 517 g/mol. The van der Waals surface area contributed by atoms with Crippen LogP contribution in [-0.2, 0) is 35.5 Å². The van der Waals surface area contributed by atoms with Crippen LogP contribution in [0.4, 0.5) is 17.6 Å². The van der Waals surface area contributed by atoms with Gasteiger partial charge in [0.1, 0.15) is 18.5 Å². The van der Waals surface area contributed by atoms with E-state index in [1.54, 1.807) is 18.2 Å². The number of alkyl halides is 3. The van der Waals surface area contributed by atoms with E-state index in [1.165, 1.54) is 12.1 Å². The summed E-state index contributed by atoms with van der Waals surface area (Å²) in [4.78, 5) is 13.1. The normalized spacial score (nSPS) is 14.9. The SMILES string of the molecule is O=C(OC1CCN(Cc2ccc(CCc3ccc(OCc4cccc(F)c4)nn3)cc2)CC1)C(F)(F)F. The van der Waals surface area contributed by atoms with Gasteiger partial charge in [0.05, 0.1) is 5.69 Å². The first-order valence-corrected chi connectivity index (χ1v) is 12.0. The second-order valence-corrected chi connectivity index (χ2v) is 8.98. The lowest BCUT2D eigenvalue weighted by Crippen LogP contribution is -2.39. The number of rotatable bonds is 9. The Hall–Kier alpha value is -3.53. The minimum Gasteiger partial charge on any atom is -0.472 e. The molecule has 0 radical (unpaired) electrons. The molecule has 0 spiro atoms. The first-order chi connectivity index (χ1) is 17.7. The zero-order valence-electron chi connectivity index (χ0n) is 20.1. The summed E-state index contributed by atoms with van der Waals surface area (Å²) < 4.78 is 60.4. The number of ether oxygens (including phenoxy) is 2. The van der Waals surface area contributed by atoms with E-state index in [2.05, 4.69) is 32.0 Å². The Morgan fingerprint density at radius 3 is 2.30 bits per heavy atom. The first kappa shape index (κ1) is 26.5. The van der Waals surface area contributed by atoms with Gasteiger partial charge in [0.2, 0.25) is 5.88 Å². The van der Waals surface area contributed by atoms with Crippen molar-refractivity contribution in [2.24, 2.45) is 0 Å². The summed E-state index contributed by atoms with van der Waals surface area (Å²) in [5.41, 5.74) is 3.80. The molecule has 1 saturated heterocycles. The van der Waals surface area contributed by atoms with Crippen molar-refractivity contribution in [3.05, 3.63) is 88.9 Å². The molecule has 1 aliphatic rings. The minimum absolute atomic E-state index is 0.210. The predicted molar refractivity (Wildman–Crippen MR) is 127 cm³/mol. The molecule has 196 valence electrons. The van der Waals surface area contributed by atoms with Crippen LogP contribution in [-0.4, -0.2) is 46.4 Å². The second kappa shape index (κ2) is 12.1. The largest absolute Gasteiger partial charge is 0.490 e. The third-order valence-corrected chi connectivity index (χ3v) is 6.11. The van der Waals surface area contributed by atoms with E-state index in [0.29, 0.717) is 50.3 Å². The summed E-state index contributed by atoms with van der Waals surface area (Å²) in [6, 6.07) is 18.0. The van der Waals surface area contributed by atoms with Gasteiger partial charge in [-0.15, -0.1) is 5.10 Å².